The predicted molar refractivity (Wildman–Crippen MR) is 115 cm³/mol. The third kappa shape index (κ3) is 3.56. The molecule has 2 aromatic rings. The first-order valence-corrected chi connectivity index (χ1v) is 11.3. The van der Waals surface area contributed by atoms with E-state index in [9.17, 15) is 4.79 Å². The minimum Gasteiger partial charge on any atom is -0.454 e. The number of quaternary nitrogens is 1. The number of benzene rings is 2. The maximum absolute atomic E-state index is 13.9. The second-order valence-corrected chi connectivity index (χ2v) is 8.92. The fourth-order valence-corrected chi connectivity index (χ4v) is 5.23. The van der Waals surface area contributed by atoms with E-state index in [-0.39, 0.29) is 18.1 Å². The van der Waals surface area contributed by atoms with Gasteiger partial charge in [0.25, 0.3) is 0 Å². The highest BCUT2D eigenvalue weighted by Crippen LogP contribution is 2.49. The fourth-order valence-electron chi connectivity index (χ4n) is 5.23. The Morgan fingerprint density at radius 2 is 1.93 bits per heavy atom. The molecule has 0 radical (unpaired) electrons. The number of ether oxygens (including phenoxy) is 2. The average Bonchev–Trinajstić information content (AvgIpc) is 3.24. The second-order valence-electron chi connectivity index (χ2n) is 8.92. The van der Waals surface area contributed by atoms with Crippen LogP contribution >= 0.6 is 0 Å². The van der Waals surface area contributed by atoms with Gasteiger partial charge in [0, 0.05) is 19.4 Å². The van der Waals surface area contributed by atoms with Gasteiger partial charge in [0.05, 0.1) is 25.0 Å². The quantitative estimate of drug-likeness (QED) is 0.767. The molecule has 2 heterocycles. The number of hydrogen-bond donors (Lipinski definition) is 1. The van der Waals surface area contributed by atoms with Crippen LogP contribution in [0.25, 0.3) is 0 Å². The molecule has 2 aromatic carbocycles. The van der Waals surface area contributed by atoms with Crippen molar-refractivity contribution in [2.75, 3.05) is 26.4 Å². The Bertz CT molecular complexity index is 910. The van der Waals surface area contributed by atoms with Gasteiger partial charge in [-0.15, -0.1) is 0 Å². The molecular weight excluding hydrogens is 376 g/mol. The fraction of sp³-hybridized carbons (Fsp3) is 0.480. The molecule has 158 valence electrons. The Kier molecular flexibility index (Phi) is 5.15. The zero-order valence-electron chi connectivity index (χ0n) is 17.7. The average molecular weight is 408 g/mol. The molecule has 0 aromatic heterocycles. The van der Waals surface area contributed by atoms with Crippen molar-refractivity contribution in [3.8, 4) is 11.5 Å². The van der Waals surface area contributed by atoms with Crippen LogP contribution in [-0.2, 0) is 16.8 Å². The molecule has 1 unspecified atom stereocenters. The van der Waals surface area contributed by atoms with Gasteiger partial charge in [0.2, 0.25) is 12.7 Å². The van der Waals surface area contributed by atoms with Crippen molar-refractivity contribution in [3.63, 3.8) is 0 Å². The van der Waals surface area contributed by atoms with Gasteiger partial charge in [-0.3, -0.25) is 4.79 Å². The van der Waals surface area contributed by atoms with E-state index < -0.39 is 0 Å². The molecule has 3 aliphatic rings. The van der Waals surface area contributed by atoms with Gasteiger partial charge < -0.3 is 19.3 Å². The van der Waals surface area contributed by atoms with Gasteiger partial charge in [-0.2, -0.15) is 0 Å². The number of likely N-dealkylation sites (tertiary alicyclic amines) is 1. The van der Waals surface area contributed by atoms with Crippen LogP contribution in [0.5, 0.6) is 11.5 Å². The lowest BCUT2D eigenvalue weighted by Gasteiger charge is -2.31. The highest BCUT2D eigenvalue weighted by Gasteiger charge is 2.53. The minimum absolute atomic E-state index is 0.273. The molecule has 5 rings (SSSR count). The van der Waals surface area contributed by atoms with Crippen molar-refractivity contribution >= 4 is 5.91 Å². The van der Waals surface area contributed by atoms with E-state index >= 15 is 0 Å². The van der Waals surface area contributed by atoms with Crippen LogP contribution in [0.15, 0.2) is 48.5 Å². The maximum Gasteiger partial charge on any atom is 0.233 e. The Hall–Kier alpha value is -2.53. The molecule has 5 heteroatoms. The molecule has 30 heavy (non-hydrogen) atoms. The lowest BCUT2D eigenvalue weighted by molar-refractivity contribution is -0.909. The number of carbonyl (C=O) groups excluding carboxylic acids is 1. The second kappa shape index (κ2) is 7.95. The monoisotopic (exact) mass is 407 g/mol. The highest BCUT2D eigenvalue weighted by atomic mass is 16.7. The Balaban J connectivity index is 1.41. The van der Waals surface area contributed by atoms with Gasteiger partial charge >= 0.3 is 0 Å². The van der Waals surface area contributed by atoms with Gasteiger partial charge in [0.1, 0.15) is 6.04 Å². The first kappa shape index (κ1) is 19.4. The topological polar surface area (TPSA) is 43.2 Å². The van der Waals surface area contributed by atoms with Crippen molar-refractivity contribution in [1.29, 1.82) is 0 Å². The summed E-state index contributed by atoms with van der Waals surface area (Å²) in [5.74, 6) is 1.86. The summed E-state index contributed by atoms with van der Waals surface area (Å²) in [6.07, 6.45) is 4.35. The molecule has 1 saturated carbocycles. The van der Waals surface area contributed by atoms with Crippen molar-refractivity contribution < 1.29 is 19.2 Å². The Labute approximate surface area is 178 Å². The summed E-state index contributed by atoms with van der Waals surface area (Å²) in [4.78, 5) is 17.7. The van der Waals surface area contributed by atoms with E-state index in [2.05, 4.69) is 30.0 Å². The van der Waals surface area contributed by atoms with Crippen LogP contribution in [0.3, 0.4) is 0 Å². The normalized spacial score (nSPS) is 23.4. The highest BCUT2D eigenvalue weighted by molar-refractivity contribution is 5.91. The number of rotatable bonds is 7. The summed E-state index contributed by atoms with van der Waals surface area (Å²) in [5.41, 5.74) is 1.94. The van der Waals surface area contributed by atoms with Crippen LogP contribution in [0, 0.1) is 0 Å². The van der Waals surface area contributed by atoms with Crippen LogP contribution in [0.4, 0.5) is 0 Å². The summed E-state index contributed by atoms with van der Waals surface area (Å²) in [5, 5.41) is 0. The van der Waals surface area contributed by atoms with Gasteiger partial charge in [-0.25, -0.2) is 0 Å². The Morgan fingerprint density at radius 1 is 1.13 bits per heavy atom. The number of fused-ring (bicyclic) bond motifs is 1. The van der Waals surface area contributed by atoms with Crippen molar-refractivity contribution in [2.45, 2.75) is 50.6 Å². The molecule has 2 atom stereocenters. The molecule has 2 aliphatic heterocycles. The summed E-state index contributed by atoms with van der Waals surface area (Å²) >= 11 is 0. The third-order valence-electron chi connectivity index (χ3n) is 7.11. The van der Waals surface area contributed by atoms with Crippen molar-refractivity contribution in [2.24, 2.45) is 0 Å². The SMILES string of the molecule is CC[NH+]1CCC[C@@H]1CN(Cc1ccc2c(c1)OCO2)C(=O)C1(c2ccccc2)CC1. The predicted octanol–water partition coefficient (Wildman–Crippen LogP) is 2.54. The molecule has 0 bridgehead atoms. The first-order chi connectivity index (χ1) is 14.7. The van der Waals surface area contributed by atoms with Gasteiger partial charge in [-0.05, 0) is 43.0 Å². The molecule has 2 fully saturated rings. The first-order valence-electron chi connectivity index (χ1n) is 11.3. The number of likely N-dealkylation sites (N-methyl/N-ethyl adjacent to an activating group) is 1. The maximum atomic E-state index is 13.9. The third-order valence-corrected chi connectivity index (χ3v) is 7.11. The molecular formula is C25H31N2O3+. The van der Waals surface area contributed by atoms with Crippen LogP contribution in [0.1, 0.15) is 43.7 Å². The molecule has 1 aliphatic carbocycles. The zero-order chi connectivity index (χ0) is 20.6. The van der Waals surface area contributed by atoms with E-state index in [0.29, 0.717) is 12.6 Å². The summed E-state index contributed by atoms with van der Waals surface area (Å²) in [7, 11) is 0. The van der Waals surface area contributed by atoms with Crippen LogP contribution < -0.4 is 14.4 Å². The molecule has 1 N–H and O–H groups in total. The van der Waals surface area contributed by atoms with Crippen LogP contribution in [0.2, 0.25) is 0 Å². The summed E-state index contributed by atoms with van der Waals surface area (Å²) in [6, 6.07) is 16.9. The van der Waals surface area contributed by atoms with Gasteiger partial charge in [-0.1, -0.05) is 36.4 Å². The largest absolute Gasteiger partial charge is 0.454 e. The van der Waals surface area contributed by atoms with Gasteiger partial charge in [0.15, 0.2) is 11.5 Å². The van der Waals surface area contributed by atoms with Crippen LogP contribution in [-0.4, -0.2) is 43.3 Å². The Morgan fingerprint density at radius 3 is 2.70 bits per heavy atom. The minimum atomic E-state index is -0.331. The standard InChI is InChI=1S/C25H30N2O3/c1-2-26-14-6-9-21(26)17-27(16-19-10-11-22-23(15-19)30-18-29-22)24(28)25(12-13-25)20-7-4-3-5-8-20/h3-5,7-8,10-11,15,21H,2,6,9,12-14,16-18H2,1H3/p+1/t21-/m1/s1. The molecule has 5 nitrogen and oxygen atoms in total. The number of amides is 1. The number of nitrogens with zero attached hydrogens (tertiary/aromatic N) is 1. The summed E-state index contributed by atoms with van der Waals surface area (Å²) in [6.45, 7) is 6.32. The van der Waals surface area contributed by atoms with E-state index in [0.717, 1.165) is 48.6 Å². The molecule has 0 spiro atoms. The van der Waals surface area contributed by atoms with Crippen molar-refractivity contribution in [3.05, 3.63) is 59.7 Å². The summed E-state index contributed by atoms with van der Waals surface area (Å²) < 4.78 is 11.0. The van der Waals surface area contributed by atoms with E-state index in [1.54, 1.807) is 4.90 Å². The van der Waals surface area contributed by atoms with E-state index in [1.807, 2.05) is 30.3 Å². The van der Waals surface area contributed by atoms with E-state index in [1.165, 1.54) is 19.4 Å². The molecule has 1 amide bonds. The number of nitrogens with one attached hydrogen (secondary N) is 1. The lowest BCUT2D eigenvalue weighted by atomic mass is 9.93. The van der Waals surface area contributed by atoms with E-state index in [4.69, 9.17) is 9.47 Å². The number of hydrogen-bond acceptors (Lipinski definition) is 3. The number of carbonyl (C=O) groups is 1. The lowest BCUT2D eigenvalue weighted by Crippen LogP contribution is -3.14. The zero-order valence-corrected chi connectivity index (χ0v) is 17.7. The van der Waals surface area contributed by atoms with Crippen molar-refractivity contribution in [1.82, 2.24) is 4.90 Å². The smallest absolute Gasteiger partial charge is 0.233 e. The molecule has 1 saturated heterocycles.